The SMILES string of the molecule is Cc1ccccc1S(=O)(=O)Nc1ccc2c(-c3ccccc3Cl)n[nH]c2c1. The highest BCUT2D eigenvalue weighted by Crippen LogP contribution is 2.32. The van der Waals surface area contributed by atoms with Gasteiger partial charge in [0, 0.05) is 10.9 Å². The average Bonchev–Trinajstić information content (AvgIpc) is 3.05. The number of hydrogen-bond donors (Lipinski definition) is 2. The van der Waals surface area contributed by atoms with Crippen molar-refractivity contribution in [2.45, 2.75) is 11.8 Å². The molecule has 0 aliphatic carbocycles. The number of benzene rings is 3. The van der Waals surface area contributed by atoms with E-state index in [1.54, 1.807) is 43.3 Å². The number of fused-ring (bicyclic) bond motifs is 1. The van der Waals surface area contributed by atoms with Gasteiger partial charge >= 0.3 is 0 Å². The number of nitrogens with zero attached hydrogens (tertiary/aromatic N) is 1. The van der Waals surface area contributed by atoms with Crippen LogP contribution in [0, 0.1) is 6.92 Å². The van der Waals surface area contributed by atoms with Gasteiger partial charge in [0.15, 0.2) is 0 Å². The maximum Gasteiger partial charge on any atom is 0.262 e. The molecule has 0 aliphatic heterocycles. The summed E-state index contributed by atoms with van der Waals surface area (Å²) in [5, 5.41) is 8.77. The van der Waals surface area contributed by atoms with Gasteiger partial charge in [0.2, 0.25) is 0 Å². The van der Waals surface area contributed by atoms with Gasteiger partial charge in [-0.05, 0) is 42.8 Å². The van der Waals surface area contributed by atoms with Crippen molar-refractivity contribution in [2.75, 3.05) is 4.72 Å². The van der Waals surface area contributed by atoms with Crippen molar-refractivity contribution >= 4 is 38.2 Å². The molecule has 0 spiro atoms. The summed E-state index contributed by atoms with van der Waals surface area (Å²) in [4.78, 5) is 0.256. The van der Waals surface area contributed by atoms with E-state index >= 15 is 0 Å². The van der Waals surface area contributed by atoms with Crippen LogP contribution in [0.3, 0.4) is 0 Å². The highest BCUT2D eigenvalue weighted by molar-refractivity contribution is 7.92. The van der Waals surface area contributed by atoms with Crippen molar-refractivity contribution in [3.8, 4) is 11.3 Å². The molecule has 0 radical (unpaired) electrons. The first kappa shape index (κ1) is 17.6. The molecule has 136 valence electrons. The van der Waals surface area contributed by atoms with Gasteiger partial charge in [-0.1, -0.05) is 48.0 Å². The number of sulfonamides is 1. The Balaban J connectivity index is 1.72. The summed E-state index contributed by atoms with van der Waals surface area (Å²) < 4.78 is 28.0. The fraction of sp³-hybridized carbons (Fsp3) is 0.0500. The largest absolute Gasteiger partial charge is 0.280 e. The van der Waals surface area contributed by atoms with Crippen molar-refractivity contribution in [2.24, 2.45) is 0 Å². The smallest absolute Gasteiger partial charge is 0.262 e. The minimum atomic E-state index is -3.67. The van der Waals surface area contributed by atoms with Crippen LogP contribution in [0.25, 0.3) is 22.2 Å². The Morgan fingerprint density at radius 3 is 2.52 bits per heavy atom. The Hall–Kier alpha value is -2.83. The van der Waals surface area contributed by atoms with Crippen molar-refractivity contribution < 1.29 is 8.42 Å². The minimum absolute atomic E-state index is 0.256. The average molecular weight is 398 g/mol. The summed E-state index contributed by atoms with van der Waals surface area (Å²) in [6.45, 7) is 1.77. The van der Waals surface area contributed by atoms with Gasteiger partial charge in [0.05, 0.1) is 21.1 Å². The molecule has 2 N–H and O–H groups in total. The number of hydrogen-bond acceptors (Lipinski definition) is 3. The van der Waals surface area contributed by atoms with Gasteiger partial charge in [-0.3, -0.25) is 9.82 Å². The molecule has 0 saturated heterocycles. The lowest BCUT2D eigenvalue weighted by atomic mass is 10.1. The number of nitrogens with one attached hydrogen (secondary N) is 2. The minimum Gasteiger partial charge on any atom is -0.280 e. The molecule has 7 heteroatoms. The van der Waals surface area contributed by atoms with Crippen LogP contribution in [0.5, 0.6) is 0 Å². The third-order valence-corrected chi connectivity index (χ3v) is 6.20. The molecule has 0 bridgehead atoms. The number of halogens is 1. The lowest BCUT2D eigenvalue weighted by molar-refractivity contribution is 0.600. The van der Waals surface area contributed by atoms with Gasteiger partial charge in [0.25, 0.3) is 10.0 Å². The molecule has 4 aromatic rings. The van der Waals surface area contributed by atoms with Gasteiger partial charge in [0.1, 0.15) is 5.69 Å². The molecule has 1 heterocycles. The van der Waals surface area contributed by atoms with Crippen molar-refractivity contribution in [3.05, 3.63) is 77.3 Å². The van der Waals surface area contributed by atoms with Crippen LogP contribution in [-0.2, 0) is 10.0 Å². The molecule has 4 rings (SSSR count). The number of aromatic nitrogens is 2. The first-order chi connectivity index (χ1) is 13.0. The van der Waals surface area contributed by atoms with E-state index in [-0.39, 0.29) is 4.90 Å². The van der Waals surface area contributed by atoms with E-state index in [0.717, 1.165) is 22.2 Å². The second kappa shape index (κ2) is 6.72. The molecule has 3 aromatic carbocycles. The first-order valence-electron chi connectivity index (χ1n) is 8.27. The van der Waals surface area contributed by atoms with E-state index < -0.39 is 10.0 Å². The summed E-state index contributed by atoms with van der Waals surface area (Å²) in [5.41, 5.74) is 3.41. The van der Waals surface area contributed by atoms with Crippen LogP contribution in [0.4, 0.5) is 5.69 Å². The summed E-state index contributed by atoms with van der Waals surface area (Å²) in [5.74, 6) is 0. The van der Waals surface area contributed by atoms with Crippen molar-refractivity contribution in [3.63, 3.8) is 0 Å². The monoisotopic (exact) mass is 397 g/mol. The quantitative estimate of drug-likeness (QED) is 0.509. The van der Waals surface area contributed by atoms with Gasteiger partial charge in [-0.15, -0.1) is 0 Å². The topological polar surface area (TPSA) is 74.8 Å². The van der Waals surface area contributed by atoms with E-state index in [2.05, 4.69) is 14.9 Å². The maximum atomic E-state index is 12.7. The number of anilines is 1. The molecule has 0 saturated carbocycles. The molecule has 5 nitrogen and oxygen atoms in total. The number of rotatable bonds is 4. The Morgan fingerprint density at radius 1 is 1.00 bits per heavy atom. The predicted molar refractivity (Wildman–Crippen MR) is 109 cm³/mol. The summed E-state index contributed by atoms with van der Waals surface area (Å²) in [7, 11) is -3.67. The normalized spacial score (nSPS) is 11.6. The maximum absolute atomic E-state index is 12.7. The standard InChI is InChI=1S/C20H16ClN3O2S/c1-13-6-2-5-9-19(13)27(25,26)24-14-10-11-16-18(12-14)22-23-20(16)15-7-3-4-8-17(15)21/h2-12,24H,1H3,(H,22,23). The van der Waals surface area contributed by atoms with Crippen molar-refractivity contribution in [1.29, 1.82) is 0 Å². The zero-order valence-corrected chi connectivity index (χ0v) is 16.0. The molecule has 0 unspecified atom stereocenters. The lowest BCUT2D eigenvalue weighted by Crippen LogP contribution is -2.14. The lowest BCUT2D eigenvalue weighted by Gasteiger charge is -2.10. The Bertz CT molecular complexity index is 1250. The van der Waals surface area contributed by atoms with Crippen LogP contribution in [0.15, 0.2) is 71.6 Å². The van der Waals surface area contributed by atoms with E-state index in [0.29, 0.717) is 16.3 Å². The zero-order chi connectivity index (χ0) is 19.0. The van der Waals surface area contributed by atoms with E-state index in [1.807, 2.05) is 30.3 Å². The molecule has 1 aromatic heterocycles. The second-order valence-electron chi connectivity index (χ2n) is 6.18. The number of aromatic amines is 1. The fourth-order valence-corrected chi connectivity index (χ4v) is 4.53. The van der Waals surface area contributed by atoms with Crippen LogP contribution >= 0.6 is 11.6 Å². The predicted octanol–water partition coefficient (Wildman–Crippen LogP) is 4.99. The van der Waals surface area contributed by atoms with Crippen LogP contribution in [0.2, 0.25) is 5.02 Å². The van der Waals surface area contributed by atoms with Crippen LogP contribution in [0.1, 0.15) is 5.56 Å². The molecular formula is C20H16ClN3O2S. The molecule has 0 atom stereocenters. The van der Waals surface area contributed by atoms with Gasteiger partial charge in [-0.25, -0.2) is 8.42 Å². The molecular weight excluding hydrogens is 382 g/mol. The molecule has 27 heavy (non-hydrogen) atoms. The van der Waals surface area contributed by atoms with Crippen LogP contribution < -0.4 is 4.72 Å². The van der Waals surface area contributed by atoms with Gasteiger partial charge in [-0.2, -0.15) is 5.10 Å². The van der Waals surface area contributed by atoms with E-state index in [4.69, 9.17) is 11.6 Å². The highest BCUT2D eigenvalue weighted by Gasteiger charge is 2.17. The van der Waals surface area contributed by atoms with Crippen LogP contribution in [-0.4, -0.2) is 18.6 Å². The summed E-state index contributed by atoms with van der Waals surface area (Å²) >= 11 is 6.27. The summed E-state index contributed by atoms with van der Waals surface area (Å²) in [6, 6.07) is 19.6. The third-order valence-electron chi connectivity index (χ3n) is 4.33. The van der Waals surface area contributed by atoms with Crippen molar-refractivity contribution in [1.82, 2.24) is 10.2 Å². The Labute approximate surface area is 162 Å². The zero-order valence-electron chi connectivity index (χ0n) is 14.4. The van der Waals surface area contributed by atoms with E-state index in [1.165, 1.54) is 0 Å². The number of aryl methyl sites for hydroxylation is 1. The fourth-order valence-electron chi connectivity index (χ4n) is 3.01. The van der Waals surface area contributed by atoms with Gasteiger partial charge < -0.3 is 0 Å². The Morgan fingerprint density at radius 2 is 1.74 bits per heavy atom. The van der Waals surface area contributed by atoms with E-state index in [9.17, 15) is 8.42 Å². The molecule has 0 aliphatic rings. The summed E-state index contributed by atoms with van der Waals surface area (Å²) in [6.07, 6.45) is 0. The Kier molecular flexibility index (Phi) is 4.37. The molecule has 0 fully saturated rings. The third kappa shape index (κ3) is 3.29. The number of H-pyrrole nitrogens is 1. The molecule has 0 amide bonds. The first-order valence-corrected chi connectivity index (χ1v) is 10.1. The highest BCUT2D eigenvalue weighted by atomic mass is 35.5. The second-order valence-corrected chi connectivity index (χ2v) is 8.24.